The van der Waals surface area contributed by atoms with E-state index < -0.39 is 0 Å². The minimum absolute atomic E-state index is 0.416. The van der Waals surface area contributed by atoms with Crippen molar-refractivity contribution in [2.45, 2.75) is 30.9 Å². The first-order valence-electron chi connectivity index (χ1n) is 3.46. The number of alkyl halides is 1. The average Bonchev–Trinajstić information content (AvgIpc) is 1.80. The van der Waals surface area contributed by atoms with Gasteiger partial charge in [-0.3, -0.25) is 0 Å². The molecule has 0 N–H and O–H groups in total. The van der Waals surface area contributed by atoms with Crippen LogP contribution in [0.15, 0.2) is 0 Å². The predicted octanol–water partition coefficient (Wildman–Crippen LogP) is 2.76. The van der Waals surface area contributed by atoms with Crippen LogP contribution in [0.2, 0.25) is 0 Å². The Hall–Kier alpha value is 0.640. The Bertz CT molecular complexity index is 94.9. The molecule has 1 fully saturated rings. The number of hydrogen-bond acceptors (Lipinski definition) is 1. The number of thioether (sulfide) groups is 1. The third-order valence-electron chi connectivity index (χ3n) is 1.78. The van der Waals surface area contributed by atoms with Crippen LogP contribution in [0.1, 0.15) is 20.3 Å². The number of hydrogen-bond donors (Lipinski definition) is 0. The second kappa shape index (κ2) is 3.16. The molecule has 1 heterocycles. The highest BCUT2D eigenvalue weighted by Crippen LogP contribution is 2.32. The highest BCUT2D eigenvalue weighted by atomic mass is 35.5. The zero-order valence-corrected chi connectivity index (χ0v) is 7.50. The summed E-state index contributed by atoms with van der Waals surface area (Å²) >= 11 is 8.04. The fourth-order valence-electron chi connectivity index (χ4n) is 1.06. The Kier molecular flexibility index (Phi) is 2.72. The predicted molar refractivity (Wildman–Crippen MR) is 45.3 cm³/mol. The van der Waals surface area contributed by atoms with Gasteiger partial charge in [0.25, 0.3) is 0 Å². The quantitative estimate of drug-likeness (QED) is 0.497. The second-order valence-corrected chi connectivity index (χ2v) is 4.87. The lowest BCUT2D eigenvalue weighted by Gasteiger charge is -2.27. The molecule has 9 heavy (non-hydrogen) atoms. The van der Waals surface area contributed by atoms with Gasteiger partial charge in [0.2, 0.25) is 0 Å². The molecular weight excluding hydrogens is 152 g/mol. The lowest BCUT2D eigenvalue weighted by molar-refractivity contribution is 0.549. The van der Waals surface area contributed by atoms with Crippen molar-refractivity contribution in [3.63, 3.8) is 0 Å². The maximum Gasteiger partial charge on any atom is 0.0454 e. The van der Waals surface area contributed by atoms with E-state index in [1.807, 2.05) is 11.8 Å². The van der Waals surface area contributed by atoms with Crippen molar-refractivity contribution < 1.29 is 0 Å². The summed E-state index contributed by atoms with van der Waals surface area (Å²) in [6, 6.07) is 0. The van der Waals surface area contributed by atoms with Gasteiger partial charge in [-0.15, -0.1) is 11.6 Å². The van der Waals surface area contributed by atoms with Crippen molar-refractivity contribution in [2.75, 3.05) is 5.75 Å². The van der Waals surface area contributed by atoms with Crippen LogP contribution < -0.4 is 0 Å². The maximum absolute atomic E-state index is 6.04. The molecular formula is C7H13ClS. The van der Waals surface area contributed by atoms with E-state index in [4.69, 9.17) is 11.6 Å². The summed E-state index contributed by atoms with van der Waals surface area (Å²) in [5.41, 5.74) is 0. The van der Waals surface area contributed by atoms with E-state index in [9.17, 15) is 0 Å². The molecule has 0 aromatic heterocycles. The van der Waals surface area contributed by atoms with Gasteiger partial charge in [0.15, 0.2) is 0 Å². The Balaban J connectivity index is 2.35. The standard InChI is InChI=1S/C7H13ClS/c1-5-3-7(8)6(2)9-4-5/h5-7H,3-4H2,1-2H3. The molecule has 0 nitrogen and oxygen atoms in total. The third-order valence-corrected chi connectivity index (χ3v) is 4.10. The van der Waals surface area contributed by atoms with Crippen LogP contribution in [0.4, 0.5) is 0 Å². The normalized spacial score (nSPS) is 45.0. The lowest BCUT2D eigenvalue weighted by atomic mass is 10.1. The fourth-order valence-corrected chi connectivity index (χ4v) is 2.68. The molecule has 0 saturated carbocycles. The summed E-state index contributed by atoms with van der Waals surface area (Å²) in [6.07, 6.45) is 1.20. The van der Waals surface area contributed by atoms with Gasteiger partial charge >= 0.3 is 0 Å². The Morgan fingerprint density at radius 3 is 2.56 bits per heavy atom. The Labute approximate surface area is 66.3 Å². The zero-order chi connectivity index (χ0) is 6.85. The van der Waals surface area contributed by atoms with E-state index in [1.54, 1.807) is 0 Å². The molecule has 1 aliphatic heterocycles. The topological polar surface area (TPSA) is 0 Å². The summed E-state index contributed by atoms with van der Waals surface area (Å²) in [5, 5.41) is 1.08. The number of halogens is 1. The highest BCUT2D eigenvalue weighted by molar-refractivity contribution is 8.00. The molecule has 0 aromatic rings. The van der Waals surface area contributed by atoms with Gasteiger partial charge in [0.1, 0.15) is 0 Å². The summed E-state index contributed by atoms with van der Waals surface area (Å²) in [7, 11) is 0. The Morgan fingerprint density at radius 1 is 1.44 bits per heavy atom. The first-order chi connectivity index (χ1) is 4.20. The van der Waals surface area contributed by atoms with E-state index in [1.165, 1.54) is 12.2 Å². The van der Waals surface area contributed by atoms with Crippen molar-refractivity contribution >= 4 is 23.4 Å². The van der Waals surface area contributed by atoms with Gasteiger partial charge in [0.05, 0.1) is 0 Å². The monoisotopic (exact) mass is 164 g/mol. The van der Waals surface area contributed by atoms with Crippen LogP contribution in [0.5, 0.6) is 0 Å². The highest BCUT2D eigenvalue weighted by Gasteiger charge is 2.23. The first-order valence-corrected chi connectivity index (χ1v) is 4.94. The number of rotatable bonds is 0. The van der Waals surface area contributed by atoms with E-state index in [0.717, 1.165) is 5.92 Å². The summed E-state index contributed by atoms with van der Waals surface area (Å²) in [4.78, 5) is 0. The SMILES string of the molecule is CC1CSC(C)C(Cl)C1. The lowest BCUT2D eigenvalue weighted by Crippen LogP contribution is -2.24. The van der Waals surface area contributed by atoms with E-state index >= 15 is 0 Å². The second-order valence-electron chi connectivity index (χ2n) is 2.90. The van der Waals surface area contributed by atoms with Gasteiger partial charge in [-0.2, -0.15) is 11.8 Å². The summed E-state index contributed by atoms with van der Waals surface area (Å²) in [6.45, 7) is 4.49. The molecule has 54 valence electrons. The maximum atomic E-state index is 6.04. The molecule has 2 heteroatoms. The Morgan fingerprint density at radius 2 is 2.11 bits per heavy atom. The molecule has 1 saturated heterocycles. The van der Waals surface area contributed by atoms with Crippen molar-refractivity contribution in [2.24, 2.45) is 5.92 Å². The van der Waals surface area contributed by atoms with Crippen LogP contribution in [0.25, 0.3) is 0 Å². The van der Waals surface area contributed by atoms with E-state index in [2.05, 4.69) is 13.8 Å². The van der Waals surface area contributed by atoms with Gasteiger partial charge in [-0.05, 0) is 18.1 Å². The van der Waals surface area contributed by atoms with Crippen molar-refractivity contribution in [1.82, 2.24) is 0 Å². The molecule has 0 aliphatic carbocycles. The molecule has 3 unspecified atom stereocenters. The minimum Gasteiger partial charge on any atom is -0.157 e. The molecule has 1 aliphatic rings. The molecule has 0 aromatic carbocycles. The molecule has 1 rings (SSSR count). The minimum atomic E-state index is 0.416. The molecule has 3 atom stereocenters. The van der Waals surface area contributed by atoms with Crippen LogP contribution in [-0.2, 0) is 0 Å². The van der Waals surface area contributed by atoms with E-state index in [-0.39, 0.29) is 0 Å². The van der Waals surface area contributed by atoms with Gasteiger partial charge in [0, 0.05) is 10.6 Å². The molecule has 0 spiro atoms. The van der Waals surface area contributed by atoms with Crippen molar-refractivity contribution in [3.8, 4) is 0 Å². The first kappa shape index (κ1) is 7.74. The molecule has 0 bridgehead atoms. The van der Waals surface area contributed by atoms with E-state index in [0.29, 0.717) is 10.6 Å². The van der Waals surface area contributed by atoms with Crippen LogP contribution >= 0.6 is 23.4 Å². The summed E-state index contributed by atoms with van der Waals surface area (Å²) in [5.74, 6) is 2.12. The van der Waals surface area contributed by atoms with Gasteiger partial charge in [-0.25, -0.2) is 0 Å². The fraction of sp³-hybridized carbons (Fsp3) is 1.00. The van der Waals surface area contributed by atoms with Crippen LogP contribution in [0.3, 0.4) is 0 Å². The average molecular weight is 165 g/mol. The smallest absolute Gasteiger partial charge is 0.0454 e. The summed E-state index contributed by atoms with van der Waals surface area (Å²) < 4.78 is 0. The van der Waals surface area contributed by atoms with Crippen LogP contribution in [-0.4, -0.2) is 16.4 Å². The van der Waals surface area contributed by atoms with Gasteiger partial charge in [-0.1, -0.05) is 13.8 Å². The molecule has 0 radical (unpaired) electrons. The third kappa shape index (κ3) is 2.05. The molecule has 0 amide bonds. The van der Waals surface area contributed by atoms with Crippen molar-refractivity contribution in [1.29, 1.82) is 0 Å². The van der Waals surface area contributed by atoms with Crippen LogP contribution in [0, 0.1) is 5.92 Å². The van der Waals surface area contributed by atoms with Crippen molar-refractivity contribution in [3.05, 3.63) is 0 Å². The van der Waals surface area contributed by atoms with Gasteiger partial charge < -0.3 is 0 Å². The zero-order valence-electron chi connectivity index (χ0n) is 5.93. The largest absolute Gasteiger partial charge is 0.157 e.